The van der Waals surface area contributed by atoms with Crippen molar-refractivity contribution in [3.05, 3.63) is 59.5 Å². The van der Waals surface area contributed by atoms with Crippen molar-refractivity contribution in [3.8, 4) is 0 Å². The Morgan fingerprint density at radius 3 is 2.63 bits per heavy atom. The summed E-state index contributed by atoms with van der Waals surface area (Å²) in [4.78, 5) is 12.1. The van der Waals surface area contributed by atoms with Gasteiger partial charge in [0.05, 0.1) is 12.8 Å². The fourth-order valence-corrected chi connectivity index (χ4v) is 1.81. The van der Waals surface area contributed by atoms with Crippen LogP contribution < -0.4 is 5.32 Å². The van der Waals surface area contributed by atoms with Crippen LogP contribution in [0, 0.1) is 0 Å². The van der Waals surface area contributed by atoms with Crippen LogP contribution in [-0.2, 0) is 12.0 Å². The summed E-state index contributed by atoms with van der Waals surface area (Å²) in [5.74, 6) is 0.669. The van der Waals surface area contributed by atoms with Crippen LogP contribution in [0.1, 0.15) is 42.5 Å². The highest BCUT2D eigenvalue weighted by Crippen LogP contribution is 2.22. The molecule has 1 heterocycles. The van der Waals surface area contributed by atoms with Gasteiger partial charge >= 0.3 is 0 Å². The van der Waals surface area contributed by atoms with Gasteiger partial charge in [0.15, 0.2) is 0 Å². The number of hydrogen-bond donors (Lipinski definition) is 1. The molecule has 3 heteroatoms. The van der Waals surface area contributed by atoms with Crippen molar-refractivity contribution in [1.82, 2.24) is 5.32 Å². The highest BCUT2D eigenvalue weighted by Gasteiger charge is 2.15. The van der Waals surface area contributed by atoms with Crippen LogP contribution in [0.25, 0.3) is 0 Å². The molecule has 1 aromatic heterocycles. The average molecular weight is 257 g/mol. The van der Waals surface area contributed by atoms with Crippen molar-refractivity contribution in [3.63, 3.8) is 0 Å². The Hall–Kier alpha value is -2.03. The van der Waals surface area contributed by atoms with Gasteiger partial charge in [-0.2, -0.15) is 0 Å². The van der Waals surface area contributed by atoms with E-state index in [4.69, 9.17) is 4.42 Å². The molecule has 0 aliphatic rings. The number of benzene rings is 1. The van der Waals surface area contributed by atoms with Gasteiger partial charge in [0.2, 0.25) is 0 Å². The standard InChI is InChI=1S/C16H19NO2/c1-16(2,3)13-7-4-6-12(10-13)15(18)17-11-14-8-5-9-19-14/h4-10H,11H2,1-3H3,(H,17,18). The fraction of sp³-hybridized carbons (Fsp3) is 0.312. The quantitative estimate of drug-likeness (QED) is 0.914. The SMILES string of the molecule is CC(C)(C)c1cccc(C(=O)NCc2ccco2)c1. The highest BCUT2D eigenvalue weighted by molar-refractivity contribution is 5.94. The van der Waals surface area contributed by atoms with E-state index in [-0.39, 0.29) is 11.3 Å². The first-order valence-corrected chi connectivity index (χ1v) is 6.38. The van der Waals surface area contributed by atoms with Gasteiger partial charge in [-0.1, -0.05) is 32.9 Å². The van der Waals surface area contributed by atoms with E-state index >= 15 is 0 Å². The topological polar surface area (TPSA) is 42.2 Å². The predicted molar refractivity (Wildman–Crippen MR) is 75.0 cm³/mol. The number of hydrogen-bond acceptors (Lipinski definition) is 2. The van der Waals surface area contributed by atoms with E-state index in [1.54, 1.807) is 6.26 Å². The van der Waals surface area contributed by atoms with Crippen molar-refractivity contribution in [1.29, 1.82) is 0 Å². The van der Waals surface area contributed by atoms with E-state index in [2.05, 4.69) is 26.1 Å². The first-order chi connectivity index (χ1) is 8.97. The summed E-state index contributed by atoms with van der Waals surface area (Å²) < 4.78 is 5.18. The summed E-state index contributed by atoms with van der Waals surface area (Å²) in [7, 11) is 0. The number of rotatable bonds is 3. The lowest BCUT2D eigenvalue weighted by molar-refractivity contribution is 0.0948. The van der Waals surface area contributed by atoms with Gasteiger partial charge in [-0.25, -0.2) is 0 Å². The molecule has 2 rings (SSSR count). The zero-order chi connectivity index (χ0) is 13.9. The summed E-state index contributed by atoms with van der Waals surface area (Å²) in [6, 6.07) is 11.4. The molecule has 0 unspecified atom stereocenters. The Morgan fingerprint density at radius 1 is 1.21 bits per heavy atom. The molecule has 0 atom stereocenters. The largest absolute Gasteiger partial charge is 0.467 e. The van der Waals surface area contributed by atoms with Gasteiger partial charge in [-0.3, -0.25) is 4.79 Å². The lowest BCUT2D eigenvalue weighted by Crippen LogP contribution is -2.23. The molecule has 0 bridgehead atoms. The molecular weight excluding hydrogens is 238 g/mol. The molecule has 1 amide bonds. The second kappa shape index (κ2) is 5.31. The summed E-state index contributed by atoms with van der Waals surface area (Å²) in [5.41, 5.74) is 1.87. The van der Waals surface area contributed by atoms with Crippen LogP contribution in [0.3, 0.4) is 0 Å². The summed E-state index contributed by atoms with van der Waals surface area (Å²) >= 11 is 0. The predicted octanol–water partition coefficient (Wildman–Crippen LogP) is 3.51. The van der Waals surface area contributed by atoms with Crippen molar-refractivity contribution in [2.24, 2.45) is 0 Å². The average Bonchev–Trinajstić information content (AvgIpc) is 2.88. The van der Waals surface area contributed by atoms with Gasteiger partial charge in [0, 0.05) is 5.56 Å². The third-order valence-corrected chi connectivity index (χ3v) is 2.99. The smallest absolute Gasteiger partial charge is 0.251 e. The number of furan rings is 1. The Morgan fingerprint density at radius 2 is 2.00 bits per heavy atom. The van der Waals surface area contributed by atoms with Crippen molar-refractivity contribution in [2.75, 3.05) is 0 Å². The molecule has 0 saturated carbocycles. The van der Waals surface area contributed by atoms with Crippen LogP contribution in [0.4, 0.5) is 0 Å². The third kappa shape index (κ3) is 3.47. The van der Waals surface area contributed by atoms with Gasteiger partial charge < -0.3 is 9.73 Å². The van der Waals surface area contributed by atoms with E-state index in [1.807, 2.05) is 36.4 Å². The lowest BCUT2D eigenvalue weighted by Gasteiger charge is -2.19. The minimum Gasteiger partial charge on any atom is -0.467 e. The zero-order valence-electron chi connectivity index (χ0n) is 11.6. The van der Waals surface area contributed by atoms with Crippen molar-refractivity contribution in [2.45, 2.75) is 32.7 Å². The van der Waals surface area contributed by atoms with Gasteiger partial charge in [0.25, 0.3) is 5.91 Å². The first-order valence-electron chi connectivity index (χ1n) is 6.38. The summed E-state index contributed by atoms with van der Waals surface area (Å²) in [6.07, 6.45) is 1.60. The lowest BCUT2D eigenvalue weighted by atomic mass is 9.86. The maximum absolute atomic E-state index is 12.1. The normalized spacial score (nSPS) is 11.3. The Kier molecular flexibility index (Phi) is 3.74. The molecule has 0 fully saturated rings. The van der Waals surface area contributed by atoms with Gasteiger partial charge in [-0.05, 0) is 35.2 Å². The molecule has 0 aliphatic carbocycles. The molecule has 0 spiro atoms. The molecule has 0 aliphatic heterocycles. The third-order valence-electron chi connectivity index (χ3n) is 2.99. The fourth-order valence-electron chi connectivity index (χ4n) is 1.81. The second-order valence-electron chi connectivity index (χ2n) is 5.59. The van der Waals surface area contributed by atoms with E-state index in [0.717, 1.165) is 11.3 Å². The summed E-state index contributed by atoms with van der Waals surface area (Å²) in [5, 5.41) is 2.85. The number of amides is 1. The molecular formula is C16H19NO2. The molecule has 1 aromatic carbocycles. The minimum absolute atomic E-state index is 0.0390. The molecule has 19 heavy (non-hydrogen) atoms. The maximum atomic E-state index is 12.1. The van der Waals surface area contributed by atoms with Crippen LogP contribution in [0.15, 0.2) is 47.1 Å². The Balaban J connectivity index is 2.07. The summed E-state index contributed by atoms with van der Waals surface area (Å²) in [6.45, 7) is 6.80. The minimum atomic E-state index is -0.0810. The number of carbonyl (C=O) groups is 1. The van der Waals surface area contributed by atoms with E-state index < -0.39 is 0 Å². The molecule has 2 aromatic rings. The van der Waals surface area contributed by atoms with Crippen molar-refractivity contribution < 1.29 is 9.21 Å². The molecule has 0 radical (unpaired) electrons. The van der Waals surface area contributed by atoms with E-state index in [1.165, 1.54) is 0 Å². The Labute approximate surface area is 113 Å². The van der Waals surface area contributed by atoms with Crippen LogP contribution in [0.2, 0.25) is 0 Å². The zero-order valence-corrected chi connectivity index (χ0v) is 11.6. The van der Waals surface area contributed by atoms with Crippen LogP contribution in [-0.4, -0.2) is 5.91 Å². The van der Waals surface area contributed by atoms with E-state index in [0.29, 0.717) is 12.1 Å². The number of nitrogens with one attached hydrogen (secondary N) is 1. The van der Waals surface area contributed by atoms with Gasteiger partial charge in [0.1, 0.15) is 5.76 Å². The van der Waals surface area contributed by atoms with Gasteiger partial charge in [-0.15, -0.1) is 0 Å². The maximum Gasteiger partial charge on any atom is 0.251 e. The van der Waals surface area contributed by atoms with Crippen LogP contribution in [0.5, 0.6) is 0 Å². The second-order valence-corrected chi connectivity index (χ2v) is 5.59. The molecule has 0 saturated heterocycles. The van der Waals surface area contributed by atoms with Crippen molar-refractivity contribution >= 4 is 5.91 Å². The monoisotopic (exact) mass is 257 g/mol. The number of carbonyl (C=O) groups excluding carboxylic acids is 1. The highest BCUT2D eigenvalue weighted by atomic mass is 16.3. The first kappa shape index (κ1) is 13.4. The van der Waals surface area contributed by atoms with Crippen LogP contribution >= 0.6 is 0 Å². The molecule has 1 N–H and O–H groups in total. The Bertz CT molecular complexity index is 550. The molecule has 100 valence electrons. The molecule has 3 nitrogen and oxygen atoms in total. The van der Waals surface area contributed by atoms with E-state index in [9.17, 15) is 4.79 Å².